The first-order valence-corrected chi connectivity index (χ1v) is 9.19. The van der Waals surface area contributed by atoms with E-state index in [4.69, 9.17) is 4.74 Å². The van der Waals surface area contributed by atoms with Crippen LogP contribution in [0.1, 0.15) is 21.5 Å². The summed E-state index contributed by atoms with van der Waals surface area (Å²) in [4.78, 5) is 13.9. The predicted octanol–water partition coefficient (Wildman–Crippen LogP) is 3.12. The third kappa shape index (κ3) is 4.28. The molecule has 0 saturated carbocycles. The van der Waals surface area contributed by atoms with Gasteiger partial charge in [0.15, 0.2) is 0 Å². The molecule has 2 rings (SSSR count). The summed E-state index contributed by atoms with van der Waals surface area (Å²) in [5.74, 6) is -0.518. The minimum atomic E-state index is -3.67. The van der Waals surface area contributed by atoms with E-state index in [0.717, 1.165) is 5.56 Å². The average molecular weight is 359 g/mol. The van der Waals surface area contributed by atoms with Crippen molar-refractivity contribution < 1.29 is 17.9 Å². The lowest BCUT2D eigenvalue weighted by atomic mass is 10.0. The lowest BCUT2D eigenvalue weighted by Crippen LogP contribution is -2.15. The van der Waals surface area contributed by atoms with Gasteiger partial charge in [0.25, 0.3) is 0 Å². The summed E-state index contributed by atoms with van der Waals surface area (Å²) < 4.78 is 30.3. The van der Waals surface area contributed by atoms with Gasteiger partial charge in [-0.05, 0) is 25.1 Å². The number of esters is 1. The highest BCUT2D eigenvalue weighted by atomic mass is 32.2. The van der Waals surface area contributed by atoms with Crippen LogP contribution in [0.15, 0.2) is 58.8 Å². The molecular weight excluding hydrogens is 338 g/mol. The predicted molar refractivity (Wildman–Crippen MR) is 97.8 cm³/mol. The summed E-state index contributed by atoms with van der Waals surface area (Å²) in [7, 11) is 1.07. The SMILES string of the molecule is COC(=O)c1ccccc1/C(=C/S(=O)(=O)c1ccc(C)cc1)N(C)C. The van der Waals surface area contributed by atoms with E-state index in [0.29, 0.717) is 16.8 Å². The summed E-state index contributed by atoms with van der Waals surface area (Å²) in [6, 6.07) is 13.4. The van der Waals surface area contributed by atoms with E-state index < -0.39 is 15.8 Å². The molecule has 0 saturated heterocycles. The molecule has 0 aromatic heterocycles. The van der Waals surface area contributed by atoms with Gasteiger partial charge < -0.3 is 9.64 Å². The lowest BCUT2D eigenvalue weighted by molar-refractivity contribution is 0.0600. The quantitative estimate of drug-likeness (QED) is 0.768. The van der Waals surface area contributed by atoms with Gasteiger partial charge >= 0.3 is 5.97 Å². The van der Waals surface area contributed by atoms with Crippen LogP contribution in [-0.2, 0) is 14.6 Å². The first kappa shape index (κ1) is 18.7. The number of hydrogen-bond donors (Lipinski definition) is 0. The molecule has 0 bridgehead atoms. The Labute approximate surface area is 148 Å². The molecule has 0 aliphatic heterocycles. The average Bonchev–Trinajstić information content (AvgIpc) is 2.59. The van der Waals surface area contributed by atoms with Crippen molar-refractivity contribution in [1.29, 1.82) is 0 Å². The van der Waals surface area contributed by atoms with Gasteiger partial charge in [-0.3, -0.25) is 0 Å². The number of sulfone groups is 1. The van der Waals surface area contributed by atoms with Gasteiger partial charge in [0.1, 0.15) is 0 Å². The van der Waals surface area contributed by atoms with Crippen molar-refractivity contribution in [2.75, 3.05) is 21.2 Å². The third-order valence-electron chi connectivity index (χ3n) is 3.71. The highest BCUT2D eigenvalue weighted by molar-refractivity contribution is 7.94. The topological polar surface area (TPSA) is 63.7 Å². The highest BCUT2D eigenvalue weighted by Gasteiger charge is 2.20. The van der Waals surface area contributed by atoms with Gasteiger partial charge in [0.05, 0.1) is 28.7 Å². The number of ether oxygens (including phenoxy) is 1. The van der Waals surface area contributed by atoms with Crippen molar-refractivity contribution >= 4 is 21.5 Å². The van der Waals surface area contributed by atoms with Crippen LogP contribution in [0, 0.1) is 6.92 Å². The second-order valence-corrected chi connectivity index (χ2v) is 7.59. The zero-order valence-corrected chi connectivity index (χ0v) is 15.5. The fraction of sp³-hybridized carbons (Fsp3) is 0.211. The third-order valence-corrected chi connectivity index (χ3v) is 5.17. The molecule has 0 aliphatic rings. The zero-order valence-electron chi connectivity index (χ0n) is 14.7. The number of rotatable bonds is 5. The maximum absolute atomic E-state index is 12.8. The highest BCUT2D eigenvalue weighted by Crippen LogP contribution is 2.25. The standard InChI is InChI=1S/C19H21NO4S/c1-14-9-11-15(12-10-14)25(22,23)13-18(20(2)3)16-7-5-6-8-17(16)19(21)24-4/h5-13H,1-4H3/b18-13-. The van der Waals surface area contributed by atoms with Crippen LogP contribution in [-0.4, -0.2) is 40.5 Å². The molecule has 2 aromatic carbocycles. The number of methoxy groups -OCH3 is 1. The molecule has 0 spiro atoms. The molecule has 0 unspecified atom stereocenters. The zero-order chi connectivity index (χ0) is 18.6. The fourth-order valence-electron chi connectivity index (χ4n) is 2.35. The van der Waals surface area contributed by atoms with Crippen LogP contribution in [0.5, 0.6) is 0 Å². The molecule has 132 valence electrons. The van der Waals surface area contributed by atoms with E-state index in [1.54, 1.807) is 67.5 Å². The van der Waals surface area contributed by atoms with Crippen molar-refractivity contribution in [1.82, 2.24) is 4.90 Å². The largest absolute Gasteiger partial charge is 0.465 e. The van der Waals surface area contributed by atoms with Crippen molar-refractivity contribution in [3.63, 3.8) is 0 Å². The number of carbonyl (C=O) groups excluding carboxylic acids is 1. The van der Waals surface area contributed by atoms with Crippen LogP contribution in [0.25, 0.3) is 5.70 Å². The molecule has 0 amide bonds. The monoisotopic (exact) mass is 359 g/mol. The fourth-order valence-corrected chi connectivity index (χ4v) is 3.63. The smallest absolute Gasteiger partial charge is 0.338 e. The summed E-state index contributed by atoms with van der Waals surface area (Å²) in [5.41, 5.74) is 2.19. The van der Waals surface area contributed by atoms with E-state index in [2.05, 4.69) is 0 Å². The van der Waals surface area contributed by atoms with Crippen LogP contribution in [0.2, 0.25) is 0 Å². The van der Waals surface area contributed by atoms with E-state index >= 15 is 0 Å². The minimum Gasteiger partial charge on any atom is -0.465 e. The lowest BCUT2D eigenvalue weighted by Gasteiger charge is -2.19. The van der Waals surface area contributed by atoms with Gasteiger partial charge in [-0.15, -0.1) is 0 Å². The molecular formula is C19H21NO4S. The molecule has 0 aliphatic carbocycles. The van der Waals surface area contributed by atoms with E-state index in [9.17, 15) is 13.2 Å². The number of nitrogens with zero attached hydrogens (tertiary/aromatic N) is 1. The summed E-state index contributed by atoms with van der Waals surface area (Å²) in [5, 5.41) is 1.18. The second kappa shape index (κ2) is 7.53. The first-order valence-electron chi connectivity index (χ1n) is 7.65. The van der Waals surface area contributed by atoms with Gasteiger partial charge in [-0.1, -0.05) is 35.9 Å². The van der Waals surface area contributed by atoms with Crippen LogP contribution in [0.4, 0.5) is 0 Å². The Hall–Kier alpha value is -2.60. The van der Waals surface area contributed by atoms with Crippen molar-refractivity contribution in [3.05, 3.63) is 70.6 Å². The van der Waals surface area contributed by atoms with E-state index in [1.807, 2.05) is 6.92 Å². The number of hydrogen-bond acceptors (Lipinski definition) is 5. The maximum Gasteiger partial charge on any atom is 0.338 e. The van der Waals surface area contributed by atoms with Crippen molar-refractivity contribution in [2.45, 2.75) is 11.8 Å². The van der Waals surface area contributed by atoms with Crippen molar-refractivity contribution in [2.24, 2.45) is 0 Å². The molecule has 6 heteroatoms. The van der Waals surface area contributed by atoms with E-state index in [1.165, 1.54) is 12.5 Å². The Bertz CT molecular complexity index is 897. The molecule has 0 heterocycles. The Morgan fingerprint density at radius 3 is 2.08 bits per heavy atom. The minimum absolute atomic E-state index is 0.202. The van der Waals surface area contributed by atoms with Gasteiger partial charge in [0, 0.05) is 19.7 Å². The Morgan fingerprint density at radius 1 is 1.00 bits per heavy atom. The first-order chi connectivity index (χ1) is 11.8. The molecule has 0 atom stereocenters. The van der Waals surface area contributed by atoms with E-state index in [-0.39, 0.29) is 4.90 Å². The molecule has 0 radical (unpaired) electrons. The summed E-state index contributed by atoms with van der Waals surface area (Å²) in [6.45, 7) is 1.89. The Kier molecular flexibility index (Phi) is 5.64. The number of aryl methyl sites for hydroxylation is 1. The number of benzene rings is 2. The molecule has 2 aromatic rings. The van der Waals surface area contributed by atoms with Crippen LogP contribution in [0.3, 0.4) is 0 Å². The molecule has 25 heavy (non-hydrogen) atoms. The summed E-state index contributed by atoms with van der Waals surface area (Å²) in [6.07, 6.45) is 0. The van der Waals surface area contributed by atoms with Gasteiger partial charge in [-0.2, -0.15) is 0 Å². The summed E-state index contributed by atoms with van der Waals surface area (Å²) >= 11 is 0. The normalized spacial score (nSPS) is 11.9. The van der Waals surface area contributed by atoms with Gasteiger partial charge in [0.2, 0.25) is 9.84 Å². The Morgan fingerprint density at radius 2 is 1.56 bits per heavy atom. The molecule has 5 nitrogen and oxygen atoms in total. The maximum atomic E-state index is 12.8. The van der Waals surface area contributed by atoms with Gasteiger partial charge in [-0.25, -0.2) is 13.2 Å². The molecule has 0 N–H and O–H groups in total. The second-order valence-electron chi connectivity index (χ2n) is 5.79. The Balaban J connectivity index is 2.61. The van der Waals surface area contributed by atoms with Crippen molar-refractivity contribution in [3.8, 4) is 0 Å². The number of carbonyl (C=O) groups is 1. The van der Waals surface area contributed by atoms with Crippen LogP contribution >= 0.6 is 0 Å². The molecule has 0 fully saturated rings. The van der Waals surface area contributed by atoms with Crippen LogP contribution < -0.4 is 0 Å².